The minimum Gasteiger partial charge on any atom is -0.497 e. The van der Waals surface area contributed by atoms with Crippen molar-refractivity contribution in [2.24, 2.45) is 5.92 Å². The molecule has 1 aromatic carbocycles. The first-order valence-corrected chi connectivity index (χ1v) is 13.1. The maximum atomic E-state index is 13.5. The topological polar surface area (TPSA) is 133 Å². The molecule has 3 heterocycles. The summed E-state index contributed by atoms with van der Waals surface area (Å²) in [5, 5.41) is 13.5. The Morgan fingerprint density at radius 2 is 1.88 bits per heavy atom. The van der Waals surface area contributed by atoms with Crippen molar-refractivity contribution >= 4 is 28.4 Å². The molecular formula is C30H30N4O6. The van der Waals surface area contributed by atoms with Gasteiger partial charge >= 0.3 is 0 Å². The van der Waals surface area contributed by atoms with Gasteiger partial charge in [-0.2, -0.15) is 0 Å². The SMILES string of the molecule is COc1ccc2c(Oc3ccc(NC(=O)c4cc5c(n(C(CO)C(C)C)c4=O)CCCC5=O)nc3)ccnc2c1. The van der Waals surface area contributed by atoms with Crippen molar-refractivity contribution in [1.82, 2.24) is 14.5 Å². The van der Waals surface area contributed by atoms with Crippen LogP contribution in [0.25, 0.3) is 10.9 Å². The Hall–Kier alpha value is -4.57. The number of aliphatic hydroxyl groups excluding tert-OH is 1. The van der Waals surface area contributed by atoms with Gasteiger partial charge in [-0.1, -0.05) is 13.8 Å². The van der Waals surface area contributed by atoms with Crippen LogP contribution in [0.3, 0.4) is 0 Å². The lowest BCUT2D eigenvalue weighted by Crippen LogP contribution is -2.39. The summed E-state index contributed by atoms with van der Waals surface area (Å²) >= 11 is 0. The second kappa shape index (κ2) is 11.3. The molecule has 10 nitrogen and oxygen atoms in total. The normalized spacial score (nSPS) is 13.7. The number of Topliss-reactive ketones (excluding diaryl/α,β-unsaturated/α-hetero) is 1. The highest BCUT2D eigenvalue weighted by Crippen LogP contribution is 2.31. The van der Waals surface area contributed by atoms with E-state index in [1.807, 2.05) is 32.0 Å². The maximum Gasteiger partial charge on any atom is 0.264 e. The number of nitrogens with zero attached hydrogens (tertiary/aromatic N) is 3. The smallest absolute Gasteiger partial charge is 0.264 e. The van der Waals surface area contributed by atoms with Crippen LogP contribution in [0.15, 0.2) is 59.7 Å². The summed E-state index contributed by atoms with van der Waals surface area (Å²) in [4.78, 5) is 48.1. The zero-order valence-corrected chi connectivity index (χ0v) is 22.5. The van der Waals surface area contributed by atoms with Gasteiger partial charge in [0.15, 0.2) is 5.78 Å². The summed E-state index contributed by atoms with van der Waals surface area (Å²) in [5.74, 6) is 1.02. The molecule has 0 aliphatic heterocycles. The van der Waals surface area contributed by atoms with Crippen LogP contribution in [0.1, 0.15) is 59.1 Å². The third-order valence-electron chi connectivity index (χ3n) is 7.11. The van der Waals surface area contributed by atoms with Crippen LogP contribution in [0.2, 0.25) is 0 Å². The average molecular weight is 543 g/mol. The number of nitrogens with one attached hydrogen (secondary N) is 1. The van der Waals surface area contributed by atoms with E-state index in [9.17, 15) is 19.5 Å². The average Bonchev–Trinajstić information content (AvgIpc) is 2.95. The van der Waals surface area contributed by atoms with E-state index in [1.165, 1.54) is 16.8 Å². The Kier molecular flexibility index (Phi) is 7.61. The molecule has 0 bridgehead atoms. The number of hydrogen-bond acceptors (Lipinski definition) is 8. The Morgan fingerprint density at radius 1 is 1.07 bits per heavy atom. The maximum absolute atomic E-state index is 13.5. The predicted octanol–water partition coefficient (Wildman–Crippen LogP) is 4.55. The number of fused-ring (bicyclic) bond motifs is 2. The molecule has 5 rings (SSSR count). The van der Waals surface area contributed by atoms with Crippen molar-refractivity contribution in [2.45, 2.75) is 39.2 Å². The third kappa shape index (κ3) is 5.17. The number of pyridine rings is 3. The number of aliphatic hydroxyl groups is 1. The molecule has 0 saturated carbocycles. The molecule has 0 fully saturated rings. The van der Waals surface area contributed by atoms with E-state index in [1.54, 1.807) is 31.5 Å². The van der Waals surface area contributed by atoms with Crippen LogP contribution < -0.4 is 20.3 Å². The van der Waals surface area contributed by atoms with E-state index >= 15 is 0 Å². The molecule has 0 radical (unpaired) electrons. The zero-order chi connectivity index (χ0) is 28.4. The first-order valence-electron chi connectivity index (χ1n) is 13.1. The van der Waals surface area contributed by atoms with Gasteiger partial charge in [0.1, 0.15) is 28.6 Å². The number of hydrogen-bond donors (Lipinski definition) is 2. The fraction of sp³-hybridized carbons (Fsp3) is 0.300. The number of ketones is 1. The largest absolute Gasteiger partial charge is 0.497 e. The molecule has 1 atom stereocenters. The van der Waals surface area contributed by atoms with Gasteiger partial charge in [0.25, 0.3) is 11.5 Å². The Bertz CT molecular complexity index is 1650. The Morgan fingerprint density at radius 3 is 2.58 bits per heavy atom. The molecule has 3 aromatic heterocycles. The molecule has 4 aromatic rings. The van der Waals surface area contributed by atoms with Crippen molar-refractivity contribution in [3.63, 3.8) is 0 Å². The van der Waals surface area contributed by atoms with Gasteiger partial charge in [-0.15, -0.1) is 0 Å². The highest BCUT2D eigenvalue weighted by atomic mass is 16.5. The van der Waals surface area contributed by atoms with Gasteiger partial charge < -0.3 is 24.5 Å². The second-order valence-corrected chi connectivity index (χ2v) is 9.99. The van der Waals surface area contributed by atoms with Gasteiger partial charge in [0, 0.05) is 35.3 Å². The number of carbonyl (C=O) groups is 2. The zero-order valence-electron chi connectivity index (χ0n) is 22.5. The number of anilines is 1. The number of benzene rings is 1. The van der Waals surface area contributed by atoms with E-state index < -0.39 is 17.5 Å². The quantitative estimate of drug-likeness (QED) is 0.331. The molecule has 1 amide bonds. The van der Waals surface area contributed by atoms with E-state index in [0.29, 0.717) is 53.3 Å². The standard InChI is InChI=1S/C30H30N4O6/c1-17(2)25(16-35)34-24-5-4-6-26(36)21(24)14-22(30(34)38)29(37)33-28-10-8-19(15-32-28)40-27-11-12-31-23-13-18(39-3)7-9-20(23)27/h7-15,17,25,35H,4-6,16H2,1-3H3,(H,32,33,37). The fourth-order valence-electron chi connectivity index (χ4n) is 4.97. The molecule has 1 unspecified atom stereocenters. The van der Waals surface area contributed by atoms with Crippen LogP contribution in [-0.4, -0.2) is 45.0 Å². The fourth-order valence-corrected chi connectivity index (χ4v) is 4.97. The van der Waals surface area contributed by atoms with Crippen LogP contribution >= 0.6 is 0 Å². The Balaban J connectivity index is 1.40. The lowest BCUT2D eigenvalue weighted by atomic mass is 9.91. The minimum absolute atomic E-state index is 0.0871. The first-order chi connectivity index (χ1) is 19.3. The summed E-state index contributed by atoms with van der Waals surface area (Å²) in [7, 11) is 1.59. The van der Waals surface area contributed by atoms with Crippen LogP contribution in [0.4, 0.5) is 5.82 Å². The summed E-state index contributed by atoms with van der Waals surface area (Å²) in [6.07, 6.45) is 4.59. The van der Waals surface area contributed by atoms with Gasteiger partial charge in [0.2, 0.25) is 0 Å². The summed E-state index contributed by atoms with van der Waals surface area (Å²) in [6.45, 7) is 3.49. The predicted molar refractivity (Wildman–Crippen MR) is 149 cm³/mol. The van der Waals surface area contributed by atoms with Gasteiger partial charge in [0.05, 0.1) is 31.5 Å². The molecule has 0 saturated heterocycles. The van der Waals surface area contributed by atoms with Gasteiger partial charge in [-0.05, 0) is 55.2 Å². The number of methoxy groups -OCH3 is 1. The number of amides is 1. The Labute approximate surface area is 230 Å². The molecular weight excluding hydrogens is 512 g/mol. The van der Waals surface area contributed by atoms with Crippen molar-refractivity contribution in [1.29, 1.82) is 0 Å². The monoisotopic (exact) mass is 542 g/mol. The molecule has 206 valence electrons. The highest BCUT2D eigenvalue weighted by molar-refractivity contribution is 6.06. The lowest BCUT2D eigenvalue weighted by Gasteiger charge is -2.28. The highest BCUT2D eigenvalue weighted by Gasteiger charge is 2.29. The van der Waals surface area contributed by atoms with Crippen molar-refractivity contribution in [2.75, 3.05) is 19.0 Å². The third-order valence-corrected chi connectivity index (χ3v) is 7.11. The van der Waals surface area contributed by atoms with Crippen LogP contribution in [0.5, 0.6) is 17.2 Å². The summed E-state index contributed by atoms with van der Waals surface area (Å²) in [6, 6.07) is 11.3. The van der Waals surface area contributed by atoms with Crippen LogP contribution in [0, 0.1) is 5.92 Å². The summed E-state index contributed by atoms with van der Waals surface area (Å²) in [5.41, 5.74) is 0.929. The number of carbonyl (C=O) groups excluding carboxylic acids is 2. The van der Waals surface area contributed by atoms with E-state index in [0.717, 1.165) is 5.39 Å². The number of rotatable bonds is 8. The molecule has 1 aliphatic rings. The molecule has 40 heavy (non-hydrogen) atoms. The number of ether oxygens (including phenoxy) is 2. The van der Waals surface area contributed by atoms with Gasteiger partial charge in [-0.25, -0.2) is 4.98 Å². The van der Waals surface area contributed by atoms with E-state index in [4.69, 9.17) is 9.47 Å². The van der Waals surface area contributed by atoms with Crippen molar-refractivity contribution < 1.29 is 24.2 Å². The lowest BCUT2D eigenvalue weighted by molar-refractivity contribution is 0.0967. The molecule has 1 aliphatic carbocycles. The second-order valence-electron chi connectivity index (χ2n) is 9.99. The van der Waals surface area contributed by atoms with E-state index in [-0.39, 0.29) is 29.7 Å². The van der Waals surface area contributed by atoms with E-state index in [2.05, 4.69) is 15.3 Å². The molecule has 10 heteroatoms. The van der Waals surface area contributed by atoms with Crippen LogP contribution in [-0.2, 0) is 6.42 Å². The van der Waals surface area contributed by atoms with Crippen molar-refractivity contribution in [3.8, 4) is 17.2 Å². The van der Waals surface area contributed by atoms with Gasteiger partial charge in [-0.3, -0.25) is 19.4 Å². The first kappa shape index (κ1) is 27.0. The minimum atomic E-state index is -0.685. The van der Waals surface area contributed by atoms with Crippen molar-refractivity contribution in [3.05, 3.63) is 82.0 Å². The molecule has 2 N–H and O–H groups in total. The molecule has 0 spiro atoms. The number of aromatic nitrogens is 3. The summed E-state index contributed by atoms with van der Waals surface area (Å²) < 4.78 is 12.7.